The highest BCUT2D eigenvalue weighted by molar-refractivity contribution is 5.66. The molecule has 1 aromatic rings. The van der Waals surface area contributed by atoms with E-state index in [1.165, 1.54) is 6.07 Å². The number of halogens is 2. The number of benzene rings is 1. The molecule has 1 N–H and O–H groups in total. The Morgan fingerprint density at radius 3 is 2.55 bits per heavy atom. The molecule has 0 saturated carbocycles. The van der Waals surface area contributed by atoms with Gasteiger partial charge in [-0.15, -0.1) is 0 Å². The van der Waals surface area contributed by atoms with Crippen LogP contribution in [-0.2, 0) is 4.79 Å². The molecule has 1 aromatic carbocycles. The van der Waals surface area contributed by atoms with Gasteiger partial charge in [-0.1, -0.05) is 0 Å². The first-order valence-electron chi connectivity index (χ1n) is 7.24. The van der Waals surface area contributed by atoms with E-state index in [2.05, 4.69) is 4.90 Å². The van der Waals surface area contributed by atoms with Gasteiger partial charge in [0.1, 0.15) is 5.82 Å². The van der Waals surface area contributed by atoms with Gasteiger partial charge in [0.15, 0.2) is 11.6 Å². The SMILES string of the molecule is CN1CCN(c2cc(OCCCC(=O)O)c(F)cc2F)CC1. The van der Waals surface area contributed by atoms with E-state index in [4.69, 9.17) is 9.84 Å². The van der Waals surface area contributed by atoms with Gasteiger partial charge in [0, 0.05) is 44.7 Å². The summed E-state index contributed by atoms with van der Waals surface area (Å²) in [6.07, 6.45) is 0.226. The molecular formula is C15H20F2N2O3. The Balaban J connectivity index is 2.04. The van der Waals surface area contributed by atoms with Crippen LogP contribution in [0.3, 0.4) is 0 Å². The summed E-state index contributed by atoms with van der Waals surface area (Å²) >= 11 is 0. The van der Waals surface area contributed by atoms with Crippen molar-refractivity contribution in [2.75, 3.05) is 44.7 Å². The monoisotopic (exact) mass is 314 g/mol. The molecule has 0 aliphatic carbocycles. The van der Waals surface area contributed by atoms with Crippen LogP contribution in [0.25, 0.3) is 0 Å². The summed E-state index contributed by atoms with van der Waals surface area (Å²) < 4.78 is 33.0. The number of anilines is 1. The van der Waals surface area contributed by atoms with Crippen molar-refractivity contribution in [2.24, 2.45) is 0 Å². The highest BCUT2D eigenvalue weighted by Gasteiger charge is 2.20. The largest absolute Gasteiger partial charge is 0.490 e. The summed E-state index contributed by atoms with van der Waals surface area (Å²) in [4.78, 5) is 14.4. The fourth-order valence-electron chi connectivity index (χ4n) is 2.32. The molecule has 7 heteroatoms. The fourth-order valence-corrected chi connectivity index (χ4v) is 2.32. The van der Waals surface area contributed by atoms with Crippen molar-refractivity contribution in [3.05, 3.63) is 23.8 Å². The maximum absolute atomic E-state index is 14.0. The van der Waals surface area contributed by atoms with Crippen molar-refractivity contribution in [3.63, 3.8) is 0 Å². The molecule has 1 heterocycles. The number of aliphatic carboxylic acids is 1. The van der Waals surface area contributed by atoms with Crippen LogP contribution in [0.4, 0.5) is 14.5 Å². The average molecular weight is 314 g/mol. The van der Waals surface area contributed by atoms with Crippen LogP contribution >= 0.6 is 0 Å². The predicted molar refractivity (Wildman–Crippen MR) is 78.4 cm³/mol. The summed E-state index contributed by atoms with van der Waals surface area (Å²) in [6, 6.07) is 2.18. The van der Waals surface area contributed by atoms with Crippen LogP contribution in [0, 0.1) is 11.6 Å². The van der Waals surface area contributed by atoms with Gasteiger partial charge in [-0.3, -0.25) is 4.79 Å². The number of hydrogen-bond acceptors (Lipinski definition) is 4. The number of likely N-dealkylation sites (N-methyl/N-ethyl adjacent to an activating group) is 1. The number of rotatable bonds is 6. The first-order chi connectivity index (χ1) is 10.5. The Morgan fingerprint density at radius 2 is 1.91 bits per heavy atom. The molecule has 0 spiro atoms. The third-order valence-corrected chi connectivity index (χ3v) is 3.64. The molecule has 2 rings (SSSR count). The first kappa shape index (κ1) is 16.5. The summed E-state index contributed by atoms with van der Waals surface area (Å²) in [5.74, 6) is -2.35. The molecule has 122 valence electrons. The van der Waals surface area contributed by atoms with Crippen molar-refractivity contribution in [2.45, 2.75) is 12.8 Å². The Kier molecular flexibility index (Phi) is 5.54. The average Bonchev–Trinajstić information content (AvgIpc) is 2.46. The lowest BCUT2D eigenvalue weighted by molar-refractivity contribution is -0.137. The van der Waals surface area contributed by atoms with Crippen molar-refractivity contribution in [3.8, 4) is 5.75 Å². The maximum Gasteiger partial charge on any atom is 0.303 e. The van der Waals surface area contributed by atoms with Crippen LogP contribution in [-0.4, -0.2) is 55.8 Å². The van der Waals surface area contributed by atoms with Gasteiger partial charge in [0.05, 0.1) is 12.3 Å². The van der Waals surface area contributed by atoms with Crippen molar-refractivity contribution < 1.29 is 23.4 Å². The zero-order valence-corrected chi connectivity index (χ0v) is 12.5. The zero-order chi connectivity index (χ0) is 16.1. The van der Waals surface area contributed by atoms with Gasteiger partial charge in [-0.25, -0.2) is 8.78 Å². The summed E-state index contributed by atoms with van der Waals surface area (Å²) in [7, 11) is 2.00. The predicted octanol–water partition coefficient (Wildman–Crippen LogP) is 1.96. The number of ether oxygens (including phenoxy) is 1. The molecule has 5 nitrogen and oxygen atoms in total. The lowest BCUT2D eigenvalue weighted by atomic mass is 10.2. The summed E-state index contributed by atoms with van der Waals surface area (Å²) in [5, 5.41) is 8.55. The molecule has 0 amide bonds. The minimum absolute atomic E-state index is 0.0410. The molecule has 0 aromatic heterocycles. The van der Waals surface area contributed by atoms with Gasteiger partial charge in [-0.05, 0) is 13.5 Å². The van der Waals surface area contributed by atoms with E-state index in [0.717, 1.165) is 19.2 Å². The van der Waals surface area contributed by atoms with E-state index < -0.39 is 17.6 Å². The van der Waals surface area contributed by atoms with Gasteiger partial charge < -0.3 is 19.6 Å². The van der Waals surface area contributed by atoms with Crippen LogP contribution in [0.15, 0.2) is 12.1 Å². The molecule has 0 atom stereocenters. The second-order valence-corrected chi connectivity index (χ2v) is 5.37. The van der Waals surface area contributed by atoms with E-state index in [0.29, 0.717) is 18.8 Å². The topological polar surface area (TPSA) is 53.0 Å². The first-order valence-corrected chi connectivity index (χ1v) is 7.24. The highest BCUT2D eigenvalue weighted by Crippen LogP contribution is 2.29. The minimum Gasteiger partial charge on any atom is -0.490 e. The Morgan fingerprint density at radius 1 is 1.23 bits per heavy atom. The third kappa shape index (κ3) is 4.30. The number of nitrogens with zero attached hydrogens (tertiary/aromatic N) is 2. The minimum atomic E-state index is -0.929. The molecule has 0 unspecified atom stereocenters. The van der Waals surface area contributed by atoms with Crippen LogP contribution in [0.1, 0.15) is 12.8 Å². The fraction of sp³-hybridized carbons (Fsp3) is 0.533. The third-order valence-electron chi connectivity index (χ3n) is 3.64. The Bertz CT molecular complexity index is 532. The number of carboxylic acids is 1. The molecule has 0 radical (unpaired) electrons. The number of hydrogen-bond donors (Lipinski definition) is 1. The van der Waals surface area contributed by atoms with Gasteiger partial charge in [-0.2, -0.15) is 0 Å². The number of carbonyl (C=O) groups is 1. The van der Waals surface area contributed by atoms with Crippen LogP contribution in [0.2, 0.25) is 0 Å². The second-order valence-electron chi connectivity index (χ2n) is 5.37. The van der Waals surface area contributed by atoms with Gasteiger partial charge >= 0.3 is 5.97 Å². The lowest BCUT2D eigenvalue weighted by Crippen LogP contribution is -2.44. The molecule has 1 fully saturated rings. The smallest absolute Gasteiger partial charge is 0.303 e. The number of carboxylic acid groups (broad SMARTS) is 1. The van der Waals surface area contributed by atoms with Crippen LogP contribution in [0.5, 0.6) is 5.75 Å². The van der Waals surface area contributed by atoms with E-state index in [9.17, 15) is 13.6 Å². The summed E-state index contributed by atoms with van der Waals surface area (Å²) in [5.41, 5.74) is 0.322. The zero-order valence-electron chi connectivity index (χ0n) is 12.5. The van der Waals surface area contributed by atoms with E-state index in [1.54, 1.807) is 0 Å². The molecule has 0 bridgehead atoms. The maximum atomic E-state index is 14.0. The van der Waals surface area contributed by atoms with Crippen molar-refractivity contribution in [1.29, 1.82) is 0 Å². The lowest BCUT2D eigenvalue weighted by Gasteiger charge is -2.34. The molecular weight excluding hydrogens is 294 g/mol. The molecule has 1 saturated heterocycles. The molecule has 22 heavy (non-hydrogen) atoms. The standard InChI is InChI=1S/C15H20F2N2O3/c1-18-4-6-19(7-5-18)13-10-14(12(17)9-11(13)16)22-8-2-3-15(20)21/h9-10H,2-8H2,1H3,(H,20,21). The normalized spacial score (nSPS) is 15.9. The Hall–Kier alpha value is -1.89. The number of piperazine rings is 1. The van der Waals surface area contributed by atoms with E-state index in [1.807, 2.05) is 11.9 Å². The van der Waals surface area contributed by atoms with Crippen molar-refractivity contribution in [1.82, 2.24) is 4.90 Å². The molecule has 1 aliphatic heterocycles. The summed E-state index contributed by atoms with van der Waals surface area (Å²) in [6.45, 7) is 3.03. The second kappa shape index (κ2) is 7.40. The highest BCUT2D eigenvalue weighted by atomic mass is 19.1. The van der Waals surface area contributed by atoms with Gasteiger partial charge in [0.25, 0.3) is 0 Å². The molecule has 1 aliphatic rings. The van der Waals surface area contributed by atoms with Crippen molar-refractivity contribution >= 4 is 11.7 Å². The van der Waals surface area contributed by atoms with E-state index >= 15 is 0 Å². The van der Waals surface area contributed by atoms with Crippen LogP contribution < -0.4 is 9.64 Å². The van der Waals surface area contributed by atoms with Gasteiger partial charge in [0.2, 0.25) is 0 Å². The quantitative estimate of drug-likeness (QED) is 0.814. The Labute approximate surface area is 128 Å². The van der Waals surface area contributed by atoms with E-state index in [-0.39, 0.29) is 25.2 Å².